The first-order valence-electron chi connectivity index (χ1n) is 7.79. The third-order valence-electron chi connectivity index (χ3n) is 3.90. The number of carboxylic acid groups (broad SMARTS) is 1. The quantitative estimate of drug-likeness (QED) is 0.753. The topological polar surface area (TPSA) is 100 Å². The molecular weight excluding hydrogens is 337 g/mol. The van der Waals surface area contributed by atoms with Gasteiger partial charge in [-0.15, -0.1) is 10.2 Å². The van der Waals surface area contributed by atoms with Gasteiger partial charge >= 0.3 is 5.97 Å². The molecule has 0 aliphatic carbocycles. The van der Waals surface area contributed by atoms with Gasteiger partial charge in [-0.3, -0.25) is 4.79 Å². The van der Waals surface area contributed by atoms with E-state index < -0.39 is 17.7 Å². The summed E-state index contributed by atoms with van der Waals surface area (Å²) in [6.07, 6.45) is -0.329. The largest absolute Gasteiger partial charge is 0.481 e. The summed E-state index contributed by atoms with van der Waals surface area (Å²) < 4.78 is 19.6. The van der Waals surface area contributed by atoms with Crippen LogP contribution in [0, 0.1) is 24.1 Å². The number of carbonyl (C=O) groups is 1. The van der Waals surface area contributed by atoms with E-state index in [0.29, 0.717) is 28.1 Å². The van der Waals surface area contributed by atoms with E-state index in [9.17, 15) is 19.6 Å². The van der Waals surface area contributed by atoms with Gasteiger partial charge < -0.3 is 9.52 Å². The second kappa shape index (κ2) is 7.15. The Balaban J connectivity index is 2.13. The summed E-state index contributed by atoms with van der Waals surface area (Å²) in [5.74, 6) is -2.01. The first-order chi connectivity index (χ1) is 12.5. The van der Waals surface area contributed by atoms with Crippen LogP contribution in [0.25, 0.3) is 11.1 Å². The van der Waals surface area contributed by atoms with Crippen molar-refractivity contribution in [1.29, 1.82) is 5.26 Å². The minimum absolute atomic E-state index is 0.106. The van der Waals surface area contributed by atoms with Gasteiger partial charge in [0.1, 0.15) is 5.82 Å². The fourth-order valence-electron chi connectivity index (χ4n) is 2.78. The van der Waals surface area contributed by atoms with E-state index in [1.54, 1.807) is 37.3 Å². The standard InChI is InChI=1S/C19H14FN3O3/c1-11-22-23-19(26-11)17(9-18(24)25)14-6-13(7-15(20)8-14)16-5-3-2-4-12(16)10-21/h2-8,17H,9H2,1H3,(H,24,25). The molecule has 0 bridgehead atoms. The summed E-state index contributed by atoms with van der Waals surface area (Å²) >= 11 is 0. The summed E-state index contributed by atoms with van der Waals surface area (Å²) in [5, 5.41) is 26.1. The molecule has 0 saturated heterocycles. The highest BCUT2D eigenvalue weighted by Crippen LogP contribution is 2.32. The Morgan fingerprint density at radius 3 is 2.73 bits per heavy atom. The fraction of sp³-hybridized carbons (Fsp3) is 0.158. The van der Waals surface area contributed by atoms with E-state index in [2.05, 4.69) is 16.3 Å². The van der Waals surface area contributed by atoms with Crippen LogP contribution in [0.15, 0.2) is 46.9 Å². The molecule has 0 aliphatic heterocycles. The van der Waals surface area contributed by atoms with Gasteiger partial charge in [0.15, 0.2) is 0 Å². The number of rotatable bonds is 5. The van der Waals surface area contributed by atoms with Crippen LogP contribution in [0.4, 0.5) is 4.39 Å². The van der Waals surface area contributed by atoms with Crippen molar-refractivity contribution in [3.05, 3.63) is 71.2 Å². The number of aliphatic carboxylic acids is 1. The maximum Gasteiger partial charge on any atom is 0.304 e. The van der Waals surface area contributed by atoms with Crippen molar-refractivity contribution in [1.82, 2.24) is 10.2 Å². The molecule has 0 spiro atoms. The van der Waals surface area contributed by atoms with E-state index in [-0.39, 0.29) is 12.3 Å². The molecule has 1 N–H and O–H groups in total. The maximum atomic E-state index is 14.3. The van der Waals surface area contributed by atoms with Crippen LogP contribution in [0.2, 0.25) is 0 Å². The van der Waals surface area contributed by atoms with E-state index >= 15 is 0 Å². The summed E-state index contributed by atoms with van der Waals surface area (Å²) in [4.78, 5) is 11.3. The van der Waals surface area contributed by atoms with Gasteiger partial charge in [0.25, 0.3) is 0 Å². The molecule has 1 heterocycles. The van der Waals surface area contributed by atoms with Crippen LogP contribution in [0.3, 0.4) is 0 Å². The van der Waals surface area contributed by atoms with Crippen molar-refractivity contribution in [2.75, 3.05) is 0 Å². The van der Waals surface area contributed by atoms with Crippen molar-refractivity contribution in [3.63, 3.8) is 0 Å². The molecule has 26 heavy (non-hydrogen) atoms. The monoisotopic (exact) mass is 351 g/mol. The number of halogens is 1. The number of aryl methyl sites for hydroxylation is 1. The van der Waals surface area contributed by atoms with Crippen LogP contribution < -0.4 is 0 Å². The van der Waals surface area contributed by atoms with Crippen LogP contribution in [-0.2, 0) is 4.79 Å². The Bertz CT molecular complexity index is 1010. The molecule has 130 valence electrons. The molecule has 0 aliphatic rings. The molecular formula is C19H14FN3O3. The Morgan fingerprint density at radius 2 is 2.08 bits per heavy atom. The molecule has 0 amide bonds. The Kier molecular flexibility index (Phi) is 4.76. The SMILES string of the molecule is Cc1nnc(C(CC(=O)O)c2cc(F)cc(-c3ccccc3C#N)c2)o1. The lowest BCUT2D eigenvalue weighted by atomic mass is 9.91. The molecule has 0 radical (unpaired) electrons. The third kappa shape index (κ3) is 3.59. The maximum absolute atomic E-state index is 14.3. The summed E-state index contributed by atoms with van der Waals surface area (Å²) in [5.41, 5.74) is 1.82. The van der Waals surface area contributed by atoms with E-state index in [1.165, 1.54) is 12.1 Å². The minimum atomic E-state index is -1.07. The number of hydrogen-bond donors (Lipinski definition) is 1. The Morgan fingerprint density at radius 1 is 1.31 bits per heavy atom. The lowest BCUT2D eigenvalue weighted by Crippen LogP contribution is -2.09. The molecule has 0 saturated carbocycles. The van der Waals surface area contributed by atoms with Crippen LogP contribution in [-0.4, -0.2) is 21.3 Å². The highest BCUT2D eigenvalue weighted by Gasteiger charge is 2.25. The van der Waals surface area contributed by atoms with Crippen LogP contribution in [0.5, 0.6) is 0 Å². The van der Waals surface area contributed by atoms with Gasteiger partial charge in [0.05, 0.1) is 24.0 Å². The Hall–Kier alpha value is -3.53. The molecule has 3 aromatic rings. The van der Waals surface area contributed by atoms with Crippen molar-refractivity contribution >= 4 is 5.97 Å². The molecule has 1 aromatic heterocycles. The number of benzene rings is 2. The van der Waals surface area contributed by atoms with Crippen molar-refractivity contribution in [2.24, 2.45) is 0 Å². The fourth-order valence-corrected chi connectivity index (χ4v) is 2.78. The number of nitrogens with zero attached hydrogens (tertiary/aromatic N) is 3. The first kappa shape index (κ1) is 17.3. The summed E-state index contributed by atoms with van der Waals surface area (Å²) in [7, 11) is 0. The molecule has 1 unspecified atom stereocenters. The first-order valence-corrected chi connectivity index (χ1v) is 7.79. The number of nitriles is 1. The van der Waals surface area contributed by atoms with Crippen molar-refractivity contribution in [2.45, 2.75) is 19.3 Å². The third-order valence-corrected chi connectivity index (χ3v) is 3.90. The molecule has 1 atom stereocenters. The second-order valence-corrected chi connectivity index (χ2v) is 5.74. The molecule has 0 fully saturated rings. The van der Waals surface area contributed by atoms with Gasteiger partial charge in [-0.05, 0) is 34.9 Å². The number of aromatic nitrogens is 2. The van der Waals surface area contributed by atoms with Crippen LogP contribution in [0.1, 0.15) is 35.2 Å². The van der Waals surface area contributed by atoms with Crippen molar-refractivity contribution < 1.29 is 18.7 Å². The minimum Gasteiger partial charge on any atom is -0.481 e. The summed E-state index contributed by atoms with van der Waals surface area (Å²) in [6.45, 7) is 1.59. The molecule has 6 nitrogen and oxygen atoms in total. The highest BCUT2D eigenvalue weighted by molar-refractivity contribution is 5.72. The van der Waals surface area contributed by atoms with Gasteiger partial charge in [-0.25, -0.2) is 4.39 Å². The lowest BCUT2D eigenvalue weighted by molar-refractivity contribution is -0.137. The van der Waals surface area contributed by atoms with E-state index in [1.807, 2.05) is 0 Å². The highest BCUT2D eigenvalue weighted by atomic mass is 19.1. The molecule has 2 aromatic carbocycles. The average molecular weight is 351 g/mol. The smallest absolute Gasteiger partial charge is 0.304 e. The molecule has 3 rings (SSSR count). The number of carboxylic acids is 1. The van der Waals surface area contributed by atoms with Crippen molar-refractivity contribution in [3.8, 4) is 17.2 Å². The zero-order valence-electron chi connectivity index (χ0n) is 13.8. The average Bonchev–Trinajstić information content (AvgIpc) is 3.05. The molecule has 7 heteroatoms. The lowest BCUT2D eigenvalue weighted by Gasteiger charge is -2.14. The van der Waals surface area contributed by atoms with E-state index in [4.69, 9.17) is 4.42 Å². The van der Waals surface area contributed by atoms with Gasteiger partial charge in [-0.2, -0.15) is 5.26 Å². The Labute approximate surface area is 148 Å². The predicted octanol–water partition coefficient (Wildman–Crippen LogP) is 3.66. The van der Waals surface area contributed by atoms with E-state index in [0.717, 1.165) is 0 Å². The number of hydrogen-bond acceptors (Lipinski definition) is 5. The zero-order chi connectivity index (χ0) is 18.7. The van der Waals surface area contributed by atoms with Gasteiger partial charge in [0, 0.05) is 6.92 Å². The normalized spacial score (nSPS) is 11.7. The van der Waals surface area contributed by atoms with Gasteiger partial charge in [-0.1, -0.05) is 24.3 Å². The predicted molar refractivity (Wildman–Crippen MR) is 89.7 cm³/mol. The van der Waals surface area contributed by atoms with Gasteiger partial charge in [0.2, 0.25) is 11.8 Å². The van der Waals surface area contributed by atoms with Crippen LogP contribution >= 0.6 is 0 Å². The second-order valence-electron chi connectivity index (χ2n) is 5.74. The zero-order valence-corrected chi connectivity index (χ0v) is 13.8. The summed E-state index contributed by atoms with van der Waals surface area (Å²) in [6, 6.07) is 13.1.